The normalized spacial score (nSPS) is 17.2. The second-order valence-corrected chi connectivity index (χ2v) is 8.51. The Morgan fingerprint density at radius 2 is 2.10 bits per heavy atom. The highest BCUT2D eigenvalue weighted by molar-refractivity contribution is 14.0. The van der Waals surface area contributed by atoms with E-state index in [1.54, 1.807) is 18.4 Å². The first kappa shape index (κ1) is 24.6. The largest absolute Gasteiger partial charge is 0.369 e. The van der Waals surface area contributed by atoms with Gasteiger partial charge in [0.1, 0.15) is 0 Å². The number of hydrogen-bond donors (Lipinski definition) is 3. The topological polar surface area (TPSA) is 82.8 Å². The lowest BCUT2D eigenvalue weighted by molar-refractivity contribution is -0.123. The number of aliphatic imine (C=N–C) groups is 1. The van der Waals surface area contributed by atoms with Crippen LogP contribution in [0.4, 0.5) is 0 Å². The maximum absolute atomic E-state index is 11.5. The molecule has 1 unspecified atom stereocenters. The number of nitrogens with one attached hydrogen (secondary N) is 2. The lowest BCUT2D eigenvalue weighted by atomic mass is 9.97. The fourth-order valence-electron chi connectivity index (χ4n) is 3.69. The van der Waals surface area contributed by atoms with Gasteiger partial charge in [0, 0.05) is 38.1 Å². The molecule has 1 aromatic carbocycles. The highest BCUT2D eigenvalue weighted by Crippen LogP contribution is 2.18. The number of carbonyl (C=O) groups excluding carboxylic acids is 1. The molecule has 3 rings (SSSR count). The van der Waals surface area contributed by atoms with Crippen LogP contribution >= 0.6 is 35.3 Å². The maximum atomic E-state index is 11.5. The molecule has 2 heterocycles. The van der Waals surface area contributed by atoms with Gasteiger partial charge in [0.25, 0.3) is 0 Å². The molecule has 8 heteroatoms. The highest BCUT2D eigenvalue weighted by Gasteiger charge is 2.23. The van der Waals surface area contributed by atoms with E-state index in [1.807, 2.05) is 0 Å². The zero-order chi connectivity index (χ0) is 20.5. The van der Waals surface area contributed by atoms with Gasteiger partial charge in [-0.1, -0.05) is 30.3 Å². The molecule has 0 spiro atoms. The monoisotopic (exact) mass is 541 g/mol. The Labute approximate surface area is 200 Å². The fraction of sp³-hybridized carbons (Fsp3) is 0.455. The fourth-order valence-corrected chi connectivity index (χ4v) is 4.40. The van der Waals surface area contributed by atoms with Gasteiger partial charge in [0.2, 0.25) is 5.91 Å². The van der Waals surface area contributed by atoms with Crippen molar-refractivity contribution < 1.29 is 4.79 Å². The van der Waals surface area contributed by atoms with Crippen LogP contribution < -0.4 is 16.4 Å². The van der Waals surface area contributed by atoms with Crippen molar-refractivity contribution in [1.82, 2.24) is 15.5 Å². The zero-order valence-electron chi connectivity index (χ0n) is 17.5. The molecule has 30 heavy (non-hydrogen) atoms. The van der Waals surface area contributed by atoms with Crippen molar-refractivity contribution in [2.45, 2.75) is 32.4 Å². The van der Waals surface area contributed by atoms with E-state index >= 15 is 0 Å². The molecule has 1 saturated heterocycles. The van der Waals surface area contributed by atoms with E-state index in [0.717, 1.165) is 57.9 Å². The third-order valence-electron chi connectivity index (χ3n) is 5.23. The summed E-state index contributed by atoms with van der Waals surface area (Å²) in [5.74, 6) is 0.620. The summed E-state index contributed by atoms with van der Waals surface area (Å²) in [4.78, 5) is 19.5. The van der Waals surface area contributed by atoms with Crippen molar-refractivity contribution in [3.63, 3.8) is 0 Å². The SMILES string of the molecule is CN=C(NCCc1cccs1)NCc1cccc(CN2CCCC(C(N)=O)C2)c1.I. The number of likely N-dealkylation sites (tertiary alicyclic amines) is 1. The van der Waals surface area contributed by atoms with Gasteiger partial charge >= 0.3 is 0 Å². The Hall–Kier alpha value is -1.65. The van der Waals surface area contributed by atoms with E-state index in [-0.39, 0.29) is 35.8 Å². The molecule has 164 valence electrons. The number of thiophene rings is 1. The van der Waals surface area contributed by atoms with Gasteiger partial charge in [0.15, 0.2) is 5.96 Å². The van der Waals surface area contributed by atoms with Crippen LogP contribution in [0.25, 0.3) is 0 Å². The van der Waals surface area contributed by atoms with Crippen molar-refractivity contribution in [2.75, 3.05) is 26.7 Å². The molecule has 0 saturated carbocycles. The Morgan fingerprint density at radius 3 is 2.83 bits per heavy atom. The first-order chi connectivity index (χ1) is 14.1. The maximum Gasteiger partial charge on any atom is 0.221 e. The van der Waals surface area contributed by atoms with Crippen LogP contribution in [0.3, 0.4) is 0 Å². The first-order valence-corrected chi connectivity index (χ1v) is 11.1. The van der Waals surface area contributed by atoms with Gasteiger partial charge in [-0.2, -0.15) is 0 Å². The third-order valence-corrected chi connectivity index (χ3v) is 6.17. The van der Waals surface area contributed by atoms with Gasteiger partial charge in [0.05, 0.1) is 5.92 Å². The molecule has 2 aromatic rings. The summed E-state index contributed by atoms with van der Waals surface area (Å²) in [5.41, 5.74) is 7.97. The van der Waals surface area contributed by atoms with Crippen LogP contribution in [0.15, 0.2) is 46.8 Å². The van der Waals surface area contributed by atoms with Crippen molar-refractivity contribution >= 4 is 47.2 Å². The van der Waals surface area contributed by atoms with Gasteiger partial charge in [-0.25, -0.2) is 0 Å². The summed E-state index contributed by atoms with van der Waals surface area (Å²) in [7, 11) is 1.79. The van der Waals surface area contributed by atoms with Crippen molar-refractivity contribution in [3.05, 3.63) is 57.8 Å². The minimum atomic E-state index is -0.175. The highest BCUT2D eigenvalue weighted by atomic mass is 127. The van der Waals surface area contributed by atoms with E-state index in [2.05, 4.69) is 62.3 Å². The standard InChI is InChI=1S/C22H31N5OS.HI/c1-24-22(25-10-9-20-8-4-12-29-20)26-14-17-5-2-6-18(13-17)15-27-11-3-7-19(16-27)21(23)28;/h2,4-6,8,12-13,19H,3,7,9-11,14-16H2,1H3,(H2,23,28)(H2,24,25,26);1H. The zero-order valence-corrected chi connectivity index (χ0v) is 20.6. The number of amides is 1. The van der Waals surface area contributed by atoms with Crippen LogP contribution in [0, 0.1) is 5.92 Å². The van der Waals surface area contributed by atoms with E-state index < -0.39 is 0 Å². The quantitative estimate of drug-likeness (QED) is 0.273. The Bertz CT molecular complexity index is 812. The van der Waals surface area contributed by atoms with Crippen LogP contribution in [-0.2, 0) is 24.3 Å². The number of carbonyl (C=O) groups is 1. The van der Waals surface area contributed by atoms with Crippen molar-refractivity contribution in [3.8, 4) is 0 Å². The van der Waals surface area contributed by atoms with Crippen molar-refractivity contribution in [1.29, 1.82) is 0 Å². The number of hydrogen-bond acceptors (Lipinski definition) is 4. The molecule has 1 amide bonds. The van der Waals surface area contributed by atoms with Crippen LogP contribution in [-0.4, -0.2) is 43.4 Å². The van der Waals surface area contributed by atoms with E-state index in [4.69, 9.17) is 5.73 Å². The molecule has 1 aromatic heterocycles. The van der Waals surface area contributed by atoms with Crippen LogP contribution in [0.1, 0.15) is 28.8 Å². The second kappa shape index (κ2) is 12.9. The molecule has 1 aliphatic rings. The lowest BCUT2D eigenvalue weighted by Gasteiger charge is -2.31. The molecular formula is C22H32IN5OS. The third kappa shape index (κ3) is 7.88. The Morgan fingerprint density at radius 1 is 1.27 bits per heavy atom. The minimum Gasteiger partial charge on any atom is -0.369 e. The Balaban J connectivity index is 0.00000320. The first-order valence-electron chi connectivity index (χ1n) is 10.2. The molecule has 1 atom stereocenters. The minimum absolute atomic E-state index is 0. The Kier molecular flexibility index (Phi) is 10.6. The van der Waals surface area contributed by atoms with E-state index in [0.29, 0.717) is 0 Å². The van der Waals surface area contributed by atoms with E-state index in [9.17, 15) is 4.79 Å². The molecule has 0 bridgehead atoms. The summed E-state index contributed by atoms with van der Waals surface area (Å²) >= 11 is 1.78. The smallest absolute Gasteiger partial charge is 0.221 e. The van der Waals surface area contributed by atoms with Crippen LogP contribution in [0.2, 0.25) is 0 Å². The number of piperidine rings is 1. The number of nitrogens with zero attached hydrogens (tertiary/aromatic N) is 2. The van der Waals surface area contributed by atoms with Gasteiger partial charge < -0.3 is 16.4 Å². The number of primary amides is 1. The average Bonchev–Trinajstić information content (AvgIpc) is 3.24. The number of nitrogens with two attached hydrogens (primary N) is 1. The van der Waals surface area contributed by atoms with Crippen molar-refractivity contribution in [2.24, 2.45) is 16.6 Å². The number of halogens is 1. The predicted molar refractivity (Wildman–Crippen MR) is 135 cm³/mol. The molecule has 4 N–H and O–H groups in total. The summed E-state index contributed by atoms with van der Waals surface area (Å²) in [6.45, 7) is 4.21. The molecular weight excluding hydrogens is 509 g/mol. The second-order valence-electron chi connectivity index (χ2n) is 7.48. The van der Waals surface area contributed by atoms with Crippen LogP contribution in [0.5, 0.6) is 0 Å². The number of rotatable bonds is 8. The molecule has 6 nitrogen and oxygen atoms in total. The molecule has 0 radical (unpaired) electrons. The summed E-state index contributed by atoms with van der Waals surface area (Å²) in [6, 6.07) is 12.8. The molecule has 1 fully saturated rings. The van der Waals surface area contributed by atoms with Gasteiger partial charge in [-0.05, 0) is 48.4 Å². The predicted octanol–water partition coefficient (Wildman–Crippen LogP) is 2.97. The van der Waals surface area contributed by atoms with Gasteiger partial charge in [-0.15, -0.1) is 35.3 Å². The molecule has 1 aliphatic heterocycles. The number of benzene rings is 1. The van der Waals surface area contributed by atoms with Gasteiger partial charge in [-0.3, -0.25) is 14.7 Å². The summed E-state index contributed by atoms with van der Waals surface area (Å²) in [6.07, 6.45) is 2.94. The summed E-state index contributed by atoms with van der Waals surface area (Å²) < 4.78 is 0. The molecule has 0 aliphatic carbocycles. The lowest BCUT2D eigenvalue weighted by Crippen LogP contribution is -2.40. The number of guanidine groups is 1. The average molecular weight is 542 g/mol. The summed E-state index contributed by atoms with van der Waals surface area (Å²) in [5, 5.41) is 8.86. The van der Waals surface area contributed by atoms with E-state index in [1.165, 1.54) is 16.0 Å².